The minimum atomic E-state index is 0.297. The average Bonchev–Trinajstić information content (AvgIpc) is 2.56. The van der Waals surface area contributed by atoms with Gasteiger partial charge in [0.15, 0.2) is 0 Å². The van der Waals surface area contributed by atoms with Crippen LogP contribution in [0.1, 0.15) is 40.0 Å². The molecule has 1 heterocycles. The smallest absolute Gasteiger partial charge is 0.119 e. The third-order valence-electron chi connectivity index (χ3n) is 5.01. The minimum Gasteiger partial charge on any atom is -0.492 e. The van der Waals surface area contributed by atoms with Crippen LogP contribution in [0.5, 0.6) is 5.75 Å². The maximum absolute atomic E-state index is 5.90. The Morgan fingerprint density at radius 2 is 1.90 bits per heavy atom. The van der Waals surface area contributed by atoms with Crippen molar-refractivity contribution in [3.63, 3.8) is 0 Å². The van der Waals surface area contributed by atoms with Gasteiger partial charge in [-0.2, -0.15) is 0 Å². The van der Waals surface area contributed by atoms with E-state index in [-0.39, 0.29) is 0 Å². The lowest BCUT2D eigenvalue weighted by Crippen LogP contribution is -2.64. The van der Waals surface area contributed by atoms with E-state index in [9.17, 15) is 0 Å². The van der Waals surface area contributed by atoms with Crippen molar-refractivity contribution >= 4 is 0 Å². The highest BCUT2D eigenvalue weighted by molar-refractivity contribution is 5.20. The fourth-order valence-corrected chi connectivity index (χ4v) is 3.31. The number of para-hydroxylation sites is 1. The summed E-state index contributed by atoms with van der Waals surface area (Å²) in [5, 5.41) is 3.72. The molecule has 1 fully saturated rings. The highest BCUT2D eigenvalue weighted by atomic mass is 16.5. The predicted molar refractivity (Wildman–Crippen MR) is 88.9 cm³/mol. The third kappa shape index (κ3) is 3.98. The Morgan fingerprint density at radius 3 is 2.52 bits per heavy atom. The second-order valence-electron chi connectivity index (χ2n) is 6.03. The highest BCUT2D eigenvalue weighted by Crippen LogP contribution is 2.27. The summed E-state index contributed by atoms with van der Waals surface area (Å²) in [7, 11) is 0. The first-order valence-electron chi connectivity index (χ1n) is 8.40. The van der Waals surface area contributed by atoms with Crippen molar-refractivity contribution in [3.8, 4) is 5.75 Å². The van der Waals surface area contributed by atoms with E-state index in [0.29, 0.717) is 11.6 Å². The van der Waals surface area contributed by atoms with E-state index in [1.54, 1.807) is 0 Å². The van der Waals surface area contributed by atoms with Crippen molar-refractivity contribution in [2.75, 3.05) is 26.2 Å². The fraction of sp³-hybridized carbons (Fsp3) is 0.667. The van der Waals surface area contributed by atoms with Crippen molar-refractivity contribution in [3.05, 3.63) is 30.3 Å². The van der Waals surface area contributed by atoms with Gasteiger partial charge in [-0.25, -0.2) is 0 Å². The first kappa shape index (κ1) is 16.3. The maximum atomic E-state index is 5.90. The van der Waals surface area contributed by atoms with Gasteiger partial charge in [0, 0.05) is 31.2 Å². The number of nitrogens with one attached hydrogen (secondary N) is 1. The van der Waals surface area contributed by atoms with Crippen LogP contribution in [0.2, 0.25) is 0 Å². The first-order chi connectivity index (χ1) is 10.2. The number of piperazine rings is 1. The predicted octanol–water partition coefficient (Wildman–Crippen LogP) is 3.31. The summed E-state index contributed by atoms with van der Waals surface area (Å²) in [5.41, 5.74) is 0.297. The normalized spacial score (nSPS) is 22.1. The Labute approximate surface area is 129 Å². The number of rotatable bonds is 7. The second kappa shape index (κ2) is 7.81. The molecule has 1 aliphatic rings. The first-order valence-corrected chi connectivity index (χ1v) is 8.40. The molecule has 1 N–H and O–H groups in total. The Hall–Kier alpha value is -1.06. The van der Waals surface area contributed by atoms with Crippen molar-refractivity contribution in [2.24, 2.45) is 0 Å². The van der Waals surface area contributed by atoms with Gasteiger partial charge >= 0.3 is 0 Å². The summed E-state index contributed by atoms with van der Waals surface area (Å²) in [6.45, 7) is 10.9. The number of ether oxygens (including phenoxy) is 1. The Morgan fingerprint density at radius 1 is 1.19 bits per heavy atom. The van der Waals surface area contributed by atoms with Gasteiger partial charge in [-0.1, -0.05) is 39.0 Å². The van der Waals surface area contributed by atoms with Gasteiger partial charge in [-0.15, -0.1) is 0 Å². The van der Waals surface area contributed by atoms with Crippen molar-refractivity contribution in [1.29, 1.82) is 0 Å². The van der Waals surface area contributed by atoms with Crippen LogP contribution < -0.4 is 10.1 Å². The number of nitrogens with zero attached hydrogens (tertiary/aromatic N) is 1. The topological polar surface area (TPSA) is 24.5 Å². The van der Waals surface area contributed by atoms with Crippen LogP contribution in [0, 0.1) is 0 Å². The van der Waals surface area contributed by atoms with Crippen molar-refractivity contribution in [2.45, 2.75) is 51.6 Å². The Kier molecular flexibility index (Phi) is 6.07. The fourth-order valence-electron chi connectivity index (χ4n) is 3.31. The Bertz CT molecular complexity index is 403. The molecule has 1 atom stereocenters. The molecule has 1 unspecified atom stereocenters. The second-order valence-corrected chi connectivity index (χ2v) is 6.03. The van der Waals surface area contributed by atoms with Crippen LogP contribution in [0.25, 0.3) is 0 Å². The minimum absolute atomic E-state index is 0.297. The van der Waals surface area contributed by atoms with E-state index in [2.05, 4.69) is 31.0 Å². The van der Waals surface area contributed by atoms with E-state index in [4.69, 9.17) is 4.74 Å². The molecule has 0 amide bonds. The lowest BCUT2D eigenvalue weighted by atomic mass is 9.87. The van der Waals surface area contributed by atoms with Gasteiger partial charge in [0.25, 0.3) is 0 Å². The van der Waals surface area contributed by atoms with E-state index in [0.717, 1.165) is 32.0 Å². The molecule has 0 spiro atoms. The van der Waals surface area contributed by atoms with Gasteiger partial charge in [-0.3, -0.25) is 4.90 Å². The summed E-state index contributed by atoms with van der Waals surface area (Å²) < 4.78 is 5.90. The summed E-state index contributed by atoms with van der Waals surface area (Å²) in [6, 6.07) is 10.7. The quantitative estimate of drug-likeness (QED) is 0.834. The summed E-state index contributed by atoms with van der Waals surface area (Å²) in [6.07, 6.45) is 3.58. The molecule has 1 aromatic rings. The van der Waals surface area contributed by atoms with E-state index in [1.807, 2.05) is 30.3 Å². The maximum Gasteiger partial charge on any atom is 0.119 e. The molecule has 0 radical (unpaired) electrons. The summed E-state index contributed by atoms with van der Waals surface area (Å²) in [4.78, 5) is 2.65. The molecule has 1 aliphatic heterocycles. The molecule has 1 saturated heterocycles. The average molecular weight is 290 g/mol. The monoisotopic (exact) mass is 290 g/mol. The number of benzene rings is 1. The van der Waals surface area contributed by atoms with E-state index in [1.165, 1.54) is 19.3 Å². The zero-order valence-corrected chi connectivity index (χ0v) is 13.8. The van der Waals surface area contributed by atoms with Crippen LogP contribution in [-0.2, 0) is 0 Å². The molecule has 1 aromatic carbocycles. The van der Waals surface area contributed by atoms with Crippen LogP contribution >= 0.6 is 0 Å². The Balaban J connectivity index is 1.93. The standard InChI is InChI=1S/C18H30N2O/c1-4-16-14-20(18(5-2,6-3)15-19-16)12-13-21-17-10-8-7-9-11-17/h7-11,16,19H,4-6,12-15H2,1-3H3. The van der Waals surface area contributed by atoms with E-state index >= 15 is 0 Å². The van der Waals surface area contributed by atoms with Gasteiger partial charge < -0.3 is 10.1 Å². The van der Waals surface area contributed by atoms with Crippen LogP contribution in [0.3, 0.4) is 0 Å². The third-order valence-corrected chi connectivity index (χ3v) is 5.01. The largest absolute Gasteiger partial charge is 0.492 e. The van der Waals surface area contributed by atoms with Crippen molar-refractivity contribution < 1.29 is 4.74 Å². The number of hydrogen-bond donors (Lipinski definition) is 1. The molecule has 3 heteroatoms. The van der Waals surface area contributed by atoms with Crippen LogP contribution in [0.15, 0.2) is 30.3 Å². The lowest BCUT2D eigenvalue weighted by Gasteiger charge is -2.49. The summed E-state index contributed by atoms with van der Waals surface area (Å²) >= 11 is 0. The molecular formula is C18H30N2O. The molecule has 21 heavy (non-hydrogen) atoms. The summed E-state index contributed by atoms with van der Waals surface area (Å²) in [5.74, 6) is 0.971. The molecule has 0 bridgehead atoms. The van der Waals surface area contributed by atoms with Gasteiger partial charge in [0.05, 0.1) is 0 Å². The van der Waals surface area contributed by atoms with Gasteiger partial charge in [0.1, 0.15) is 12.4 Å². The molecule has 0 saturated carbocycles. The van der Waals surface area contributed by atoms with Crippen molar-refractivity contribution in [1.82, 2.24) is 10.2 Å². The van der Waals surface area contributed by atoms with Crippen LogP contribution in [0.4, 0.5) is 0 Å². The van der Waals surface area contributed by atoms with Crippen LogP contribution in [-0.4, -0.2) is 42.7 Å². The SMILES string of the molecule is CCC1CN(CCOc2ccccc2)C(CC)(CC)CN1. The number of hydrogen-bond acceptors (Lipinski definition) is 3. The van der Waals surface area contributed by atoms with Gasteiger partial charge in [-0.05, 0) is 31.4 Å². The van der Waals surface area contributed by atoms with Gasteiger partial charge in [0.2, 0.25) is 0 Å². The molecular weight excluding hydrogens is 260 g/mol. The molecule has 118 valence electrons. The molecule has 0 aliphatic carbocycles. The zero-order chi connectivity index (χ0) is 15.1. The van der Waals surface area contributed by atoms with E-state index < -0.39 is 0 Å². The highest BCUT2D eigenvalue weighted by Gasteiger charge is 2.38. The lowest BCUT2D eigenvalue weighted by molar-refractivity contribution is 0.0209. The molecule has 0 aromatic heterocycles. The zero-order valence-electron chi connectivity index (χ0n) is 13.8. The molecule has 2 rings (SSSR count). The molecule has 3 nitrogen and oxygen atoms in total.